The molecule has 0 atom stereocenters. The number of nitrogens with two attached hydrogens (primary N) is 1. The molecular formula is C13H6BrClN4. The summed E-state index contributed by atoms with van der Waals surface area (Å²) in [6.07, 6.45) is 0. The van der Waals surface area contributed by atoms with Gasteiger partial charge < -0.3 is 5.73 Å². The third-order valence-electron chi connectivity index (χ3n) is 2.51. The van der Waals surface area contributed by atoms with E-state index in [1.54, 1.807) is 24.3 Å². The van der Waals surface area contributed by atoms with E-state index in [1.807, 2.05) is 12.1 Å². The Kier molecular flexibility index (Phi) is 3.71. The van der Waals surface area contributed by atoms with Gasteiger partial charge in [0.05, 0.1) is 11.4 Å². The Bertz CT molecular complexity index is 744. The topological polar surface area (TPSA) is 86.5 Å². The lowest BCUT2D eigenvalue weighted by molar-refractivity contribution is 1.24. The van der Waals surface area contributed by atoms with E-state index in [0.717, 1.165) is 0 Å². The van der Waals surface area contributed by atoms with Gasteiger partial charge in [0.1, 0.15) is 27.9 Å². The third-order valence-corrected chi connectivity index (χ3v) is 3.32. The van der Waals surface area contributed by atoms with Crippen LogP contribution in [0.4, 0.5) is 5.69 Å². The van der Waals surface area contributed by atoms with Crippen molar-refractivity contribution in [1.29, 1.82) is 10.5 Å². The van der Waals surface area contributed by atoms with Gasteiger partial charge in [0.25, 0.3) is 0 Å². The SMILES string of the molecule is N#Cc1c(Br)nc(-c2cccc(Cl)c2)c(C#N)c1N. The Hall–Kier alpha value is -2.08. The minimum Gasteiger partial charge on any atom is -0.396 e. The van der Waals surface area contributed by atoms with Crippen molar-refractivity contribution >= 4 is 33.2 Å². The summed E-state index contributed by atoms with van der Waals surface area (Å²) in [4.78, 5) is 4.22. The lowest BCUT2D eigenvalue weighted by Crippen LogP contribution is -2.02. The lowest BCUT2D eigenvalue weighted by Gasteiger charge is -2.09. The summed E-state index contributed by atoms with van der Waals surface area (Å²) in [5.41, 5.74) is 7.33. The van der Waals surface area contributed by atoms with Crippen LogP contribution in [0.1, 0.15) is 11.1 Å². The summed E-state index contributed by atoms with van der Waals surface area (Å²) < 4.78 is 0.307. The number of anilines is 1. The Morgan fingerprint density at radius 1 is 1.21 bits per heavy atom. The van der Waals surface area contributed by atoms with Crippen LogP contribution < -0.4 is 5.73 Å². The first-order chi connectivity index (χ1) is 9.08. The van der Waals surface area contributed by atoms with Crippen LogP contribution in [0.2, 0.25) is 5.02 Å². The third kappa shape index (κ3) is 2.39. The normalized spacial score (nSPS) is 9.68. The molecule has 0 aliphatic rings. The average Bonchev–Trinajstić information content (AvgIpc) is 2.38. The van der Waals surface area contributed by atoms with Gasteiger partial charge >= 0.3 is 0 Å². The number of benzene rings is 1. The van der Waals surface area contributed by atoms with Gasteiger partial charge in [-0.2, -0.15) is 10.5 Å². The molecule has 0 radical (unpaired) electrons. The van der Waals surface area contributed by atoms with Crippen LogP contribution in [0.15, 0.2) is 28.9 Å². The maximum absolute atomic E-state index is 9.21. The summed E-state index contributed by atoms with van der Waals surface area (Å²) in [5, 5.41) is 18.7. The average molecular weight is 334 g/mol. The minimum atomic E-state index is 0.113. The number of hydrogen-bond acceptors (Lipinski definition) is 4. The fourth-order valence-electron chi connectivity index (χ4n) is 1.64. The Labute approximate surface area is 123 Å². The van der Waals surface area contributed by atoms with Gasteiger partial charge in [0, 0.05) is 10.6 Å². The van der Waals surface area contributed by atoms with E-state index < -0.39 is 0 Å². The molecule has 2 rings (SSSR count). The molecule has 0 aliphatic heterocycles. The fourth-order valence-corrected chi connectivity index (χ4v) is 2.31. The number of pyridine rings is 1. The predicted octanol–water partition coefficient (Wildman–Crippen LogP) is 3.49. The molecule has 2 N–H and O–H groups in total. The maximum Gasteiger partial charge on any atom is 0.126 e. The molecule has 4 nitrogen and oxygen atoms in total. The maximum atomic E-state index is 9.21. The smallest absolute Gasteiger partial charge is 0.126 e. The monoisotopic (exact) mass is 332 g/mol. The van der Waals surface area contributed by atoms with E-state index in [9.17, 15) is 5.26 Å². The van der Waals surface area contributed by atoms with E-state index >= 15 is 0 Å². The van der Waals surface area contributed by atoms with Crippen molar-refractivity contribution in [2.24, 2.45) is 0 Å². The van der Waals surface area contributed by atoms with E-state index in [-0.39, 0.29) is 16.8 Å². The first kappa shape index (κ1) is 13.4. The van der Waals surface area contributed by atoms with Gasteiger partial charge in [-0.05, 0) is 28.1 Å². The highest BCUT2D eigenvalue weighted by atomic mass is 79.9. The van der Waals surface area contributed by atoms with Crippen molar-refractivity contribution in [3.05, 3.63) is 45.0 Å². The standard InChI is InChI=1S/C13H6BrClN4/c14-13-10(6-17)11(18)9(5-16)12(19-13)7-2-1-3-8(15)4-7/h1-4H,(H2,18,19). The number of nitrogens with zero attached hydrogens (tertiary/aromatic N) is 3. The van der Waals surface area contributed by atoms with Crippen molar-refractivity contribution in [2.75, 3.05) is 5.73 Å². The molecule has 19 heavy (non-hydrogen) atoms. The van der Waals surface area contributed by atoms with E-state index in [1.165, 1.54) is 0 Å². The first-order valence-electron chi connectivity index (χ1n) is 5.13. The van der Waals surface area contributed by atoms with E-state index in [0.29, 0.717) is 20.9 Å². The number of hydrogen-bond donors (Lipinski definition) is 1. The summed E-state index contributed by atoms with van der Waals surface area (Å²) in [7, 11) is 0. The molecule has 6 heteroatoms. The number of halogens is 2. The Morgan fingerprint density at radius 2 is 1.89 bits per heavy atom. The molecule has 0 aliphatic carbocycles. The van der Waals surface area contributed by atoms with Crippen LogP contribution in [0.3, 0.4) is 0 Å². The second-order valence-corrected chi connectivity index (χ2v) is 4.84. The summed E-state index contributed by atoms with van der Waals surface area (Å²) >= 11 is 9.10. The first-order valence-corrected chi connectivity index (χ1v) is 6.30. The molecule has 1 aromatic heterocycles. The zero-order chi connectivity index (χ0) is 14.0. The van der Waals surface area contributed by atoms with Crippen molar-refractivity contribution in [1.82, 2.24) is 4.98 Å². The molecule has 2 aromatic rings. The highest BCUT2D eigenvalue weighted by Gasteiger charge is 2.17. The van der Waals surface area contributed by atoms with Gasteiger partial charge in [-0.25, -0.2) is 4.98 Å². The molecular weight excluding hydrogens is 328 g/mol. The number of nitrogen functional groups attached to an aromatic ring is 1. The Morgan fingerprint density at radius 3 is 2.47 bits per heavy atom. The van der Waals surface area contributed by atoms with Crippen LogP contribution in [0.5, 0.6) is 0 Å². The Balaban J connectivity index is 2.80. The molecule has 0 saturated heterocycles. The molecule has 0 fully saturated rings. The molecule has 0 spiro atoms. The second-order valence-electron chi connectivity index (χ2n) is 3.65. The predicted molar refractivity (Wildman–Crippen MR) is 76.2 cm³/mol. The zero-order valence-electron chi connectivity index (χ0n) is 9.48. The van der Waals surface area contributed by atoms with Crippen LogP contribution in [0, 0.1) is 22.7 Å². The van der Waals surface area contributed by atoms with Crippen molar-refractivity contribution in [3.63, 3.8) is 0 Å². The molecule has 0 saturated carbocycles. The van der Waals surface area contributed by atoms with Gasteiger partial charge in [0.2, 0.25) is 0 Å². The minimum absolute atomic E-state index is 0.113. The zero-order valence-corrected chi connectivity index (χ0v) is 11.8. The highest BCUT2D eigenvalue weighted by molar-refractivity contribution is 9.10. The largest absolute Gasteiger partial charge is 0.396 e. The summed E-state index contributed by atoms with van der Waals surface area (Å²) in [5.74, 6) is 0. The van der Waals surface area contributed by atoms with Crippen molar-refractivity contribution < 1.29 is 0 Å². The molecule has 0 bridgehead atoms. The fraction of sp³-hybridized carbons (Fsp3) is 0. The van der Waals surface area contributed by atoms with Crippen LogP contribution in [-0.4, -0.2) is 4.98 Å². The summed E-state index contributed by atoms with van der Waals surface area (Å²) in [6.45, 7) is 0. The number of nitriles is 2. The van der Waals surface area contributed by atoms with Gasteiger partial charge in [-0.3, -0.25) is 0 Å². The molecule has 92 valence electrons. The highest BCUT2D eigenvalue weighted by Crippen LogP contribution is 2.32. The molecule has 1 aromatic carbocycles. The van der Waals surface area contributed by atoms with Crippen LogP contribution in [0.25, 0.3) is 11.3 Å². The quantitative estimate of drug-likeness (QED) is 0.809. The van der Waals surface area contributed by atoms with Gasteiger partial charge in [0.15, 0.2) is 0 Å². The van der Waals surface area contributed by atoms with Gasteiger partial charge in [-0.15, -0.1) is 0 Å². The number of aromatic nitrogens is 1. The van der Waals surface area contributed by atoms with Crippen molar-refractivity contribution in [3.8, 4) is 23.4 Å². The molecule has 0 amide bonds. The summed E-state index contributed by atoms with van der Waals surface area (Å²) in [6, 6.07) is 10.8. The van der Waals surface area contributed by atoms with E-state index in [4.69, 9.17) is 22.6 Å². The van der Waals surface area contributed by atoms with Gasteiger partial charge in [-0.1, -0.05) is 23.7 Å². The molecule has 1 heterocycles. The second kappa shape index (κ2) is 5.27. The van der Waals surface area contributed by atoms with Crippen LogP contribution in [-0.2, 0) is 0 Å². The van der Waals surface area contributed by atoms with Crippen molar-refractivity contribution in [2.45, 2.75) is 0 Å². The van der Waals surface area contributed by atoms with Crippen LogP contribution >= 0.6 is 27.5 Å². The molecule has 0 unspecified atom stereocenters. The van der Waals surface area contributed by atoms with E-state index in [2.05, 4.69) is 20.9 Å². The number of rotatable bonds is 1. The lowest BCUT2D eigenvalue weighted by atomic mass is 10.0.